The molecule has 7 heteroatoms. The molecule has 0 spiro atoms. The number of ether oxygens (including phenoxy) is 2. The molecule has 0 aliphatic carbocycles. The minimum atomic E-state index is -0.516. The van der Waals surface area contributed by atoms with Gasteiger partial charge in [0.1, 0.15) is 16.7 Å². The van der Waals surface area contributed by atoms with E-state index in [1.165, 1.54) is 17.8 Å². The van der Waals surface area contributed by atoms with Gasteiger partial charge in [-0.15, -0.1) is 11.8 Å². The summed E-state index contributed by atoms with van der Waals surface area (Å²) >= 11 is 1.42. The molecule has 2 amide bonds. The van der Waals surface area contributed by atoms with E-state index in [0.717, 1.165) is 16.0 Å². The minimum absolute atomic E-state index is 0.187. The summed E-state index contributed by atoms with van der Waals surface area (Å²) in [5.41, 5.74) is 3.04. The van der Waals surface area contributed by atoms with Gasteiger partial charge in [0.2, 0.25) is 11.8 Å². The highest BCUT2D eigenvalue weighted by Crippen LogP contribution is 2.38. The van der Waals surface area contributed by atoms with Crippen molar-refractivity contribution < 1.29 is 19.1 Å². The Morgan fingerprint density at radius 2 is 1.47 bits per heavy atom. The summed E-state index contributed by atoms with van der Waals surface area (Å²) in [6.07, 6.45) is 3.27. The molecule has 1 atom stereocenters. The normalized spacial score (nSPS) is 11.5. The van der Waals surface area contributed by atoms with Gasteiger partial charge < -0.3 is 20.1 Å². The van der Waals surface area contributed by atoms with Crippen LogP contribution in [0.4, 0.5) is 11.4 Å². The Kier molecular flexibility index (Phi) is 9.21. The number of rotatable bonds is 10. The van der Waals surface area contributed by atoms with Gasteiger partial charge in [0, 0.05) is 22.7 Å². The van der Waals surface area contributed by atoms with Gasteiger partial charge in [0.15, 0.2) is 0 Å². The Labute approximate surface area is 226 Å². The average molecular weight is 525 g/mol. The van der Waals surface area contributed by atoms with Gasteiger partial charge in [0.25, 0.3) is 0 Å². The molecule has 0 aliphatic rings. The number of methoxy groups -OCH3 is 2. The van der Waals surface area contributed by atoms with Crippen LogP contribution in [-0.4, -0.2) is 26.0 Å². The first-order chi connectivity index (χ1) is 18.6. The molecule has 38 heavy (non-hydrogen) atoms. The Morgan fingerprint density at radius 3 is 2.13 bits per heavy atom. The third-order valence-corrected chi connectivity index (χ3v) is 6.88. The summed E-state index contributed by atoms with van der Waals surface area (Å²) in [5, 5.41) is 5.34. The summed E-state index contributed by atoms with van der Waals surface area (Å²) in [6, 6.07) is 31.9. The van der Waals surface area contributed by atoms with Crippen molar-refractivity contribution in [1.82, 2.24) is 0 Å². The summed E-state index contributed by atoms with van der Waals surface area (Å²) < 4.78 is 10.7. The number of carbonyl (C=O) groups is 2. The SMILES string of the molecule is COc1ccc(NC(=O)C(Sc2ccc(NC(=O)/C=C/c3ccccc3)cc2)c2ccccc2)c(OC)c1. The number of hydrogen-bond donors (Lipinski definition) is 2. The summed E-state index contributed by atoms with van der Waals surface area (Å²) in [6.45, 7) is 0. The maximum Gasteiger partial charge on any atom is 0.248 e. The Hall–Kier alpha value is -4.49. The first kappa shape index (κ1) is 26.6. The first-order valence-corrected chi connectivity index (χ1v) is 12.8. The lowest BCUT2D eigenvalue weighted by Crippen LogP contribution is -2.19. The summed E-state index contributed by atoms with van der Waals surface area (Å²) in [7, 11) is 3.12. The Morgan fingerprint density at radius 1 is 0.789 bits per heavy atom. The van der Waals surface area contributed by atoms with E-state index in [4.69, 9.17) is 9.47 Å². The quantitative estimate of drug-likeness (QED) is 0.176. The maximum atomic E-state index is 13.5. The molecule has 4 rings (SSSR count). The van der Waals surface area contributed by atoms with Crippen molar-refractivity contribution >= 4 is 41.0 Å². The van der Waals surface area contributed by atoms with Crippen LogP contribution < -0.4 is 20.1 Å². The fourth-order valence-electron chi connectivity index (χ4n) is 3.67. The van der Waals surface area contributed by atoms with Crippen molar-refractivity contribution in [2.45, 2.75) is 10.1 Å². The average Bonchev–Trinajstić information content (AvgIpc) is 2.96. The fraction of sp³-hybridized carbons (Fsp3) is 0.0968. The number of anilines is 2. The highest BCUT2D eigenvalue weighted by molar-refractivity contribution is 8.00. The molecule has 2 N–H and O–H groups in total. The lowest BCUT2D eigenvalue weighted by atomic mass is 10.1. The molecule has 0 heterocycles. The second-order valence-electron chi connectivity index (χ2n) is 8.22. The van der Waals surface area contributed by atoms with E-state index < -0.39 is 5.25 Å². The predicted octanol–water partition coefficient (Wildman–Crippen LogP) is 6.83. The molecular formula is C31H28N2O4S. The molecular weight excluding hydrogens is 496 g/mol. The van der Waals surface area contributed by atoms with E-state index in [0.29, 0.717) is 22.9 Å². The van der Waals surface area contributed by atoms with Crippen LogP contribution in [-0.2, 0) is 9.59 Å². The molecule has 6 nitrogen and oxygen atoms in total. The second kappa shape index (κ2) is 13.2. The standard InChI is InChI=1S/C31H28N2O4S/c1-36-25-16-19-27(28(21-25)37-2)33-31(35)30(23-11-7-4-8-12-23)38-26-17-14-24(15-18-26)32-29(34)20-13-22-9-5-3-6-10-22/h3-21,30H,1-2H3,(H,32,34)(H,33,35)/b20-13+. The highest BCUT2D eigenvalue weighted by atomic mass is 32.2. The number of thioether (sulfide) groups is 1. The first-order valence-electron chi connectivity index (χ1n) is 11.9. The molecule has 0 saturated carbocycles. The molecule has 4 aromatic carbocycles. The van der Waals surface area contributed by atoms with Gasteiger partial charge in [-0.3, -0.25) is 9.59 Å². The summed E-state index contributed by atoms with van der Waals surface area (Å²) in [4.78, 5) is 26.7. The van der Waals surface area contributed by atoms with E-state index >= 15 is 0 Å². The molecule has 0 aliphatic heterocycles. The van der Waals surface area contributed by atoms with Crippen LogP contribution in [0.1, 0.15) is 16.4 Å². The van der Waals surface area contributed by atoms with E-state index in [9.17, 15) is 9.59 Å². The molecule has 0 fully saturated rings. The van der Waals surface area contributed by atoms with Crippen LogP contribution in [0, 0.1) is 0 Å². The van der Waals surface area contributed by atoms with Gasteiger partial charge in [-0.2, -0.15) is 0 Å². The zero-order valence-corrected chi connectivity index (χ0v) is 21.9. The highest BCUT2D eigenvalue weighted by Gasteiger charge is 2.23. The van der Waals surface area contributed by atoms with Gasteiger partial charge in [0.05, 0.1) is 19.9 Å². The van der Waals surface area contributed by atoms with E-state index in [1.54, 1.807) is 38.5 Å². The monoisotopic (exact) mass is 524 g/mol. The van der Waals surface area contributed by atoms with Gasteiger partial charge in [-0.05, 0) is 53.6 Å². The van der Waals surface area contributed by atoms with E-state index in [1.807, 2.05) is 84.9 Å². The third kappa shape index (κ3) is 7.27. The largest absolute Gasteiger partial charge is 0.497 e. The lowest BCUT2D eigenvalue weighted by Gasteiger charge is -2.19. The van der Waals surface area contributed by atoms with Crippen molar-refractivity contribution in [1.29, 1.82) is 0 Å². The van der Waals surface area contributed by atoms with Crippen LogP contribution in [0.2, 0.25) is 0 Å². The van der Waals surface area contributed by atoms with Crippen LogP contribution in [0.5, 0.6) is 11.5 Å². The van der Waals surface area contributed by atoms with Crippen LogP contribution in [0.15, 0.2) is 114 Å². The van der Waals surface area contributed by atoms with Crippen molar-refractivity contribution in [2.24, 2.45) is 0 Å². The number of hydrogen-bond acceptors (Lipinski definition) is 5. The molecule has 0 bridgehead atoms. The van der Waals surface area contributed by atoms with Gasteiger partial charge in [-0.25, -0.2) is 0 Å². The van der Waals surface area contributed by atoms with E-state index in [2.05, 4.69) is 10.6 Å². The van der Waals surface area contributed by atoms with Crippen LogP contribution in [0.3, 0.4) is 0 Å². The topological polar surface area (TPSA) is 76.7 Å². The molecule has 0 aromatic heterocycles. The third-order valence-electron chi connectivity index (χ3n) is 5.61. The van der Waals surface area contributed by atoms with Crippen molar-refractivity contribution in [3.05, 3.63) is 120 Å². The fourth-order valence-corrected chi connectivity index (χ4v) is 4.70. The van der Waals surface area contributed by atoms with Crippen LogP contribution in [0.25, 0.3) is 6.08 Å². The predicted molar refractivity (Wildman–Crippen MR) is 154 cm³/mol. The zero-order valence-electron chi connectivity index (χ0n) is 21.1. The van der Waals surface area contributed by atoms with Crippen molar-refractivity contribution in [2.75, 3.05) is 24.9 Å². The molecule has 1 unspecified atom stereocenters. The number of amides is 2. The molecule has 4 aromatic rings. The Balaban J connectivity index is 1.46. The van der Waals surface area contributed by atoms with E-state index in [-0.39, 0.29) is 11.8 Å². The molecule has 192 valence electrons. The zero-order chi connectivity index (χ0) is 26.7. The van der Waals surface area contributed by atoms with Gasteiger partial charge in [-0.1, -0.05) is 60.7 Å². The minimum Gasteiger partial charge on any atom is -0.497 e. The summed E-state index contributed by atoms with van der Waals surface area (Å²) in [5.74, 6) is 0.741. The van der Waals surface area contributed by atoms with Crippen molar-refractivity contribution in [3.8, 4) is 11.5 Å². The maximum absolute atomic E-state index is 13.5. The smallest absolute Gasteiger partial charge is 0.248 e. The molecule has 0 radical (unpaired) electrons. The van der Waals surface area contributed by atoms with Crippen molar-refractivity contribution in [3.63, 3.8) is 0 Å². The van der Waals surface area contributed by atoms with Gasteiger partial charge >= 0.3 is 0 Å². The number of benzene rings is 4. The number of carbonyl (C=O) groups excluding carboxylic acids is 2. The lowest BCUT2D eigenvalue weighted by molar-refractivity contribution is -0.116. The Bertz CT molecular complexity index is 1390. The van der Waals surface area contributed by atoms with Crippen LogP contribution >= 0.6 is 11.8 Å². The number of nitrogens with one attached hydrogen (secondary N) is 2. The second-order valence-corrected chi connectivity index (χ2v) is 9.40. The molecule has 0 saturated heterocycles.